The van der Waals surface area contributed by atoms with E-state index in [9.17, 15) is 24.0 Å². The van der Waals surface area contributed by atoms with E-state index >= 15 is 0 Å². The van der Waals surface area contributed by atoms with Gasteiger partial charge in [-0.15, -0.1) is 0 Å². The summed E-state index contributed by atoms with van der Waals surface area (Å²) in [5, 5.41) is 41.8. The first-order valence-electron chi connectivity index (χ1n) is 50.2. The molecule has 143 heavy (non-hydrogen) atoms. The molecule has 9 aliphatic heterocycles. The number of fused-ring (bicyclic) bond motifs is 6. The zero-order valence-electron chi connectivity index (χ0n) is 80.9. The molecule has 4 atom stereocenters. The summed E-state index contributed by atoms with van der Waals surface area (Å²) in [5.41, 5.74) is 20.7. The average molecular weight is 1930 g/mol. The van der Waals surface area contributed by atoms with Crippen LogP contribution in [0.5, 0.6) is 28.7 Å². The van der Waals surface area contributed by atoms with Crippen LogP contribution < -0.4 is 112 Å². The molecule has 7 aromatic carbocycles. The predicted octanol–water partition coefficient (Wildman–Crippen LogP) is 11.5. The minimum atomic E-state index is -0.170. The van der Waals surface area contributed by atoms with Crippen molar-refractivity contribution in [1.29, 1.82) is 0 Å². The van der Waals surface area contributed by atoms with Crippen LogP contribution in [0, 0.1) is 0 Å². The van der Waals surface area contributed by atoms with E-state index in [0.717, 1.165) is 242 Å². The fourth-order valence-electron chi connectivity index (χ4n) is 19.4. The number of rotatable bonds is 25. The quantitative estimate of drug-likeness (QED) is 0.0253. The maximum Gasteiger partial charge on any atom is 0.253 e. The summed E-state index contributed by atoms with van der Waals surface area (Å²) in [4.78, 5) is 93.9. The fourth-order valence-corrected chi connectivity index (χ4v) is 19.4. The molecule has 12 aromatic rings. The molecule has 13 N–H and O–H groups in total. The van der Waals surface area contributed by atoms with Gasteiger partial charge in [0.05, 0.1) is 65.3 Å². The third-order valence-electron chi connectivity index (χ3n) is 27.2. The van der Waals surface area contributed by atoms with Crippen molar-refractivity contribution in [2.24, 2.45) is 0 Å². The maximum absolute atomic E-state index is 12.9. The average Bonchev–Trinajstić information content (AvgIpc) is 0.946. The molecule has 0 radical (unpaired) electrons. The second-order valence-electron chi connectivity index (χ2n) is 37.6. The number of carbonyl (C=O) groups is 5. The number of pyridine rings is 5. The van der Waals surface area contributed by atoms with E-state index in [-0.39, 0.29) is 53.7 Å². The molecule has 5 amide bonds. The third-order valence-corrected chi connectivity index (χ3v) is 27.2. The molecule has 10 aliphatic rings. The van der Waals surface area contributed by atoms with Crippen LogP contribution in [0.15, 0.2) is 231 Å². The van der Waals surface area contributed by atoms with Gasteiger partial charge in [0.15, 0.2) is 0 Å². The Balaban J connectivity index is 0.000000121. The van der Waals surface area contributed by atoms with E-state index in [1.807, 2.05) is 66.7 Å². The Hall–Kier alpha value is -15.1. The predicted molar refractivity (Wildman–Crippen MR) is 558 cm³/mol. The number of anilines is 9. The zero-order chi connectivity index (χ0) is 97.4. The van der Waals surface area contributed by atoms with E-state index < -0.39 is 0 Å². The second kappa shape index (κ2) is 47.4. The number of amides is 5. The van der Waals surface area contributed by atoms with Crippen LogP contribution >= 0.6 is 0 Å². The highest BCUT2D eigenvalue weighted by Crippen LogP contribution is 2.37. The summed E-state index contributed by atoms with van der Waals surface area (Å²) < 4.78 is 29.9. The Morgan fingerprint density at radius 2 is 0.671 bits per heavy atom. The van der Waals surface area contributed by atoms with Crippen LogP contribution in [-0.2, 0) is 75.9 Å². The first-order chi connectivity index (χ1) is 70.2. The van der Waals surface area contributed by atoms with Crippen LogP contribution in [0.3, 0.4) is 0 Å². The van der Waals surface area contributed by atoms with Crippen molar-refractivity contribution >= 4 is 81.2 Å². The van der Waals surface area contributed by atoms with Gasteiger partial charge in [-0.1, -0.05) is 72.8 Å². The van der Waals surface area contributed by atoms with E-state index in [1.54, 1.807) is 55.2 Å². The first kappa shape index (κ1) is 96.7. The molecule has 5 aromatic heterocycles. The van der Waals surface area contributed by atoms with Gasteiger partial charge in [-0.05, 0) is 217 Å². The lowest BCUT2D eigenvalue weighted by atomic mass is 10.0. The molecule has 4 saturated heterocycles. The molecule has 0 spiro atoms. The Kier molecular flexibility index (Phi) is 32.1. The monoisotopic (exact) mass is 1930 g/mol. The first-order valence-corrected chi connectivity index (χ1v) is 50.2. The highest BCUT2D eigenvalue weighted by atomic mass is 16.5. The van der Waals surface area contributed by atoms with Gasteiger partial charge < -0.3 is 112 Å². The van der Waals surface area contributed by atoms with Crippen LogP contribution in [0.25, 0.3) is 0 Å². The van der Waals surface area contributed by atoms with Crippen molar-refractivity contribution in [2.75, 3.05) is 184 Å². The molecule has 0 unspecified atom stereocenters. The number of benzene rings is 7. The van der Waals surface area contributed by atoms with Crippen molar-refractivity contribution in [3.8, 4) is 28.7 Å². The van der Waals surface area contributed by atoms with Crippen LogP contribution in [0.1, 0.15) is 123 Å². The minimum Gasteiger partial charge on any atom is -0.493 e. The van der Waals surface area contributed by atoms with Crippen molar-refractivity contribution in [1.82, 2.24) is 67.5 Å². The number of hydrogen-bond acceptors (Lipinski definition) is 27. The number of nitrogens with one attached hydrogen (secondary N) is 13. The summed E-state index contributed by atoms with van der Waals surface area (Å²) >= 11 is 0. The summed E-state index contributed by atoms with van der Waals surface area (Å²) in [6.07, 6.45) is 17.0. The molecule has 14 heterocycles. The maximum atomic E-state index is 12.9. The lowest BCUT2D eigenvalue weighted by Gasteiger charge is -2.31. The molecule has 1 aliphatic carbocycles. The van der Waals surface area contributed by atoms with Crippen molar-refractivity contribution in [3.05, 3.63) is 315 Å². The van der Waals surface area contributed by atoms with Gasteiger partial charge in [-0.3, -0.25) is 29.0 Å². The van der Waals surface area contributed by atoms with Crippen molar-refractivity contribution in [2.45, 2.75) is 115 Å². The van der Waals surface area contributed by atoms with E-state index in [1.165, 1.54) is 71.2 Å². The highest BCUT2D eigenvalue weighted by Gasteiger charge is 2.31. The van der Waals surface area contributed by atoms with Gasteiger partial charge in [0.2, 0.25) is 5.91 Å². The third kappa shape index (κ3) is 26.4. The van der Waals surface area contributed by atoms with E-state index in [0.29, 0.717) is 80.0 Å². The Morgan fingerprint density at radius 3 is 1.04 bits per heavy atom. The molecule has 32 heteroatoms. The number of nitrogens with zero attached hydrogens (tertiary/aromatic N) is 9. The molecule has 22 rings (SSSR count). The standard InChI is InChI=1S/C29H33N5O3.C29H33N5O2.C28H32N6O3.C25H28N6O2/c35-29(33-24-15-22-5-7-25(16-27(22)37-19-24)34-11-9-30-10-12-34)23-6-8-28(32-18-23)31-17-20-3-4-21-2-1-13-36-26(21)14-20;35-29(24-7-9-28(32-18-24)31-17-20-4-5-21-2-1-3-22(21)14-20)33-25-15-23-6-8-26(16-27(23)36-19-25)34-12-10-30-11-13-34;1-19(35)32-23-4-2-3-20(13-23)16-30-27-8-6-22(17-31-27)28(36)33-24-14-21-5-7-25(15-26(21)37-18-24)34-11-9-29-10-12-34;32-25(19-5-7-24(28-15-19)29-16-20-3-1-2-8-27-20)30-21-13-18-4-6-22(14-23(18)33-17-21)31-11-9-26-10-12-31/h3-8,14,16,18,24,30H,1-2,9-13,15,17,19H2,(H,31,32)(H,33,35);4-9,14,16,18,25,30H,1-3,10-13,15,17,19H2,(H,31,32)(H,33,35);2-8,13,15,17,24,29H,9-12,14,16,18H2,1H3,(H,30,31)(H,32,35)(H,33,36);1-8,14-15,21,26H,9-13,16-17H2,(H,28,29)(H,30,32)/t24-;25-;24-;21-/m1111/s1. The van der Waals surface area contributed by atoms with Crippen molar-refractivity contribution < 1.29 is 47.7 Å². The van der Waals surface area contributed by atoms with Gasteiger partial charge in [0.1, 0.15) is 78.4 Å². The lowest BCUT2D eigenvalue weighted by molar-refractivity contribution is -0.114. The lowest BCUT2D eigenvalue weighted by Crippen LogP contribution is -2.44. The molecule has 0 bridgehead atoms. The summed E-state index contributed by atoms with van der Waals surface area (Å²) in [6.45, 7) is 22.6. The summed E-state index contributed by atoms with van der Waals surface area (Å²) in [6, 6.07) is 66.3. The number of piperazine rings is 4. The Labute approximate surface area is 834 Å². The van der Waals surface area contributed by atoms with E-state index in [2.05, 4.69) is 223 Å². The smallest absolute Gasteiger partial charge is 0.253 e. The molecule has 4 fully saturated rings. The molecule has 740 valence electrons. The number of carbonyl (C=O) groups excluding carboxylic acids is 5. The zero-order valence-corrected chi connectivity index (χ0v) is 80.9. The molecular weight excluding hydrogens is 1800 g/mol. The van der Waals surface area contributed by atoms with Gasteiger partial charge in [0.25, 0.3) is 23.6 Å². The van der Waals surface area contributed by atoms with Gasteiger partial charge in [-0.2, -0.15) is 0 Å². The van der Waals surface area contributed by atoms with Crippen LogP contribution in [0.2, 0.25) is 0 Å². The number of aryl methyl sites for hydroxylation is 3. The molecular formula is C111H126N22O10. The Morgan fingerprint density at radius 1 is 0.322 bits per heavy atom. The van der Waals surface area contributed by atoms with E-state index in [4.69, 9.17) is 23.7 Å². The molecule has 0 saturated carbocycles. The largest absolute Gasteiger partial charge is 0.493 e. The summed E-state index contributed by atoms with van der Waals surface area (Å²) in [5.74, 6) is 6.83. The van der Waals surface area contributed by atoms with Crippen molar-refractivity contribution in [3.63, 3.8) is 0 Å². The molecule has 32 nitrogen and oxygen atoms in total. The highest BCUT2D eigenvalue weighted by molar-refractivity contribution is 5.96. The van der Waals surface area contributed by atoms with Gasteiger partial charge in [0, 0.05) is 215 Å². The minimum absolute atomic E-state index is 0.0624. The number of aromatic nitrogens is 5. The second-order valence-corrected chi connectivity index (χ2v) is 37.6. The fraction of sp³-hybridized carbons (Fsp3) is 0.351. The summed E-state index contributed by atoms with van der Waals surface area (Å²) in [7, 11) is 0. The van der Waals surface area contributed by atoms with Crippen LogP contribution in [0.4, 0.5) is 51.7 Å². The topological polar surface area (TPSA) is 365 Å². The van der Waals surface area contributed by atoms with Crippen LogP contribution in [-0.4, -0.2) is 216 Å². The number of hydrogen-bond donors (Lipinski definition) is 13. The Bertz CT molecular complexity index is 6360. The number of ether oxygens (including phenoxy) is 5. The SMILES string of the molecule is CC(=O)Nc1cccc(CNc2ccc(C(=O)N[C@H]3COc4cc(N5CCNCC5)ccc4C3)cn2)c1.O=C(N[C@H]1COc2cc(N3CCNCC3)ccc2C1)c1ccc(NCc2ccc3c(c2)CCC3)nc1.O=C(N[C@H]1COc2cc(N3CCNCC3)ccc2C1)c1ccc(NCc2ccc3c(c2)OCCC3)nc1.O=C(N[C@H]1COc2cc(N3CCNCC3)ccc2C1)c1ccc(NCc2ccccn2)nc1. The van der Waals surface area contributed by atoms with Gasteiger partial charge in [-0.25, -0.2) is 19.9 Å². The van der Waals surface area contributed by atoms with Gasteiger partial charge >= 0.3 is 0 Å². The normalized spacial score (nSPS) is 17.9.